The van der Waals surface area contributed by atoms with E-state index < -0.39 is 0 Å². The van der Waals surface area contributed by atoms with Gasteiger partial charge in [-0.2, -0.15) is 0 Å². The van der Waals surface area contributed by atoms with Gasteiger partial charge in [0.05, 0.1) is 0 Å². The molecule has 0 bridgehead atoms. The monoisotopic (exact) mass is 295 g/mol. The second-order valence-corrected chi connectivity index (χ2v) is 5.54. The maximum atomic E-state index is 5.95. The van der Waals surface area contributed by atoms with Crippen molar-refractivity contribution in [3.8, 4) is 0 Å². The predicted octanol–water partition coefficient (Wildman–Crippen LogP) is 2.18. The molecule has 3 N–H and O–H groups in total. The summed E-state index contributed by atoms with van der Waals surface area (Å²) in [6.07, 6.45) is 6.93. The summed E-state index contributed by atoms with van der Waals surface area (Å²) in [5.74, 6) is 7.06. The Morgan fingerprint density at radius 1 is 1.24 bits per heavy atom. The van der Waals surface area contributed by atoms with Crippen molar-refractivity contribution in [1.29, 1.82) is 0 Å². The van der Waals surface area contributed by atoms with E-state index in [-0.39, 0.29) is 11.6 Å². The van der Waals surface area contributed by atoms with Gasteiger partial charge >= 0.3 is 0 Å². The molecular weight excluding hydrogens is 262 g/mol. The highest BCUT2D eigenvalue weighted by molar-refractivity contribution is 5.04. The minimum absolute atomic E-state index is 0.0722. The average molecular weight is 295 g/mol. The van der Waals surface area contributed by atoms with Gasteiger partial charge in [0.15, 0.2) is 0 Å². The van der Waals surface area contributed by atoms with Crippen molar-refractivity contribution < 1.29 is 0 Å². The molecule has 5 nitrogen and oxygen atoms in total. The van der Waals surface area contributed by atoms with Crippen molar-refractivity contribution in [3.05, 3.63) is 18.2 Å². The van der Waals surface area contributed by atoms with E-state index in [9.17, 15) is 0 Å². The van der Waals surface area contributed by atoms with Crippen LogP contribution in [-0.4, -0.2) is 39.1 Å². The topological polar surface area (TPSA) is 59.1 Å². The van der Waals surface area contributed by atoms with E-state index in [0.29, 0.717) is 0 Å². The molecule has 0 aliphatic heterocycles. The SMILES string of the molecule is CCN(CC)C(CC)(CC)C(Cc1nccn1CC)NN. The van der Waals surface area contributed by atoms with Gasteiger partial charge in [0, 0.05) is 36.9 Å². The molecule has 21 heavy (non-hydrogen) atoms. The Morgan fingerprint density at radius 3 is 2.29 bits per heavy atom. The fourth-order valence-electron chi connectivity index (χ4n) is 3.67. The zero-order valence-corrected chi connectivity index (χ0v) is 14.4. The van der Waals surface area contributed by atoms with Crippen LogP contribution in [0.1, 0.15) is 53.3 Å². The third-order valence-electron chi connectivity index (χ3n) is 5.00. The van der Waals surface area contributed by atoms with Crippen LogP contribution in [-0.2, 0) is 13.0 Å². The lowest BCUT2D eigenvalue weighted by molar-refractivity contribution is 0.0483. The fraction of sp³-hybridized carbons (Fsp3) is 0.812. The van der Waals surface area contributed by atoms with Gasteiger partial charge in [-0.15, -0.1) is 0 Å². The van der Waals surface area contributed by atoms with Crippen LogP contribution in [0, 0.1) is 0 Å². The molecule has 1 atom stereocenters. The Labute approximate surface area is 129 Å². The number of nitrogens with two attached hydrogens (primary N) is 1. The highest BCUT2D eigenvalue weighted by Gasteiger charge is 2.39. The molecule has 1 aromatic heterocycles. The minimum atomic E-state index is 0.0722. The quantitative estimate of drug-likeness (QED) is 0.513. The molecule has 0 fully saturated rings. The molecule has 0 saturated carbocycles. The van der Waals surface area contributed by atoms with Gasteiger partial charge < -0.3 is 4.57 Å². The van der Waals surface area contributed by atoms with E-state index in [1.165, 1.54) is 0 Å². The number of aryl methyl sites for hydroxylation is 1. The number of hydrazine groups is 1. The molecule has 1 unspecified atom stereocenters. The Hall–Kier alpha value is -0.910. The molecule has 0 radical (unpaired) electrons. The van der Waals surface area contributed by atoms with Crippen molar-refractivity contribution in [2.45, 2.75) is 72.0 Å². The van der Waals surface area contributed by atoms with Gasteiger partial charge in [0.2, 0.25) is 0 Å². The van der Waals surface area contributed by atoms with Gasteiger partial charge in [-0.1, -0.05) is 27.7 Å². The Kier molecular flexibility index (Phi) is 7.35. The summed E-state index contributed by atoms with van der Waals surface area (Å²) < 4.78 is 2.20. The zero-order valence-electron chi connectivity index (χ0n) is 14.4. The third kappa shape index (κ3) is 3.65. The molecule has 5 heteroatoms. The molecule has 1 rings (SSSR count). The highest BCUT2D eigenvalue weighted by atomic mass is 15.3. The van der Waals surface area contributed by atoms with Gasteiger partial charge in [0.25, 0.3) is 0 Å². The van der Waals surface area contributed by atoms with Crippen LogP contribution in [0.3, 0.4) is 0 Å². The number of nitrogens with one attached hydrogen (secondary N) is 1. The minimum Gasteiger partial charge on any atom is -0.335 e. The second kappa shape index (κ2) is 8.51. The lowest BCUT2D eigenvalue weighted by atomic mass is 9.81. The van der Waals surface area contributed by atoms with Crippen LogP contribution in [0.4, 0.5) is 0 Å². The molecule has 1 aromatic rings. The molecule has 122 valence electrons. The number of rotatable bonds is 10. The number of hydrogen-bond acceptors (Lipinski definition) is 4. The Morgan fingerprint density at radius 2 is 1.86 bits per heavy atom. The van der Waals surface area contributed by atoms with E-state index in [1.54, 1.807) is 0 Å². The van der Waals surface area contributed by atoms with Gasteiger partial charge in [-0.05, 0) is 32.9 Å². The summed E-state index contributed by atoms with van der Waals surface area (Å²) >= 11 is 0. The van der Waals surface area contributed by atoms with E-state index in [2.05, 4.69) is 54.5 Å². The van der Waals surface area contributed by atoms with Gasteiger partial charge in [-0.25, -0.2) is 4.98 Å². The largest absolute Gasteiger partial charge is 0.335 e. The second-order valence-electron chi connectivity index (χ2n) is 5.54. The first-order valence-corrected chi connectivity index (χ1v) is 8.34. The van der Waals surface area contributed by atoms with Crippen LogP contribution in [0.5, 0.6) is 0 Å². The van der Waals surface area contributed by atoms with Crippen molar-refractivity contribution in [2.75, 3.05) is 13.1 Å². The Bertz CT molecular complexity index is 393. The fourth-order valence-corrected chi connectivity index (χ4v) is 3.67. The van der Waals surface area contributed by atoms with E-state index in [1.807, 2.05) is 12.4 Å². The number of likely N-dealkylation sites (N-methyl/N-ethyl adjacent to an activating group) is 1. The summed E-state index contributed by atoms with van der Waals surface area (Å²) in [4.78, 5) is 7.06. The molecule has 0 aliphatic carbocycles. The van der Waals surface area contributed by atoms with E-state index >= 15 is 0 Å². The van der Waals surface area contributed by atoms with Crippen LogP contribution in [0.2, 0.25) is 0 Å². The van der Waals surface area contributed by atoms with Crippen molar-refractivity contribution in [1.82, 2.24) is 19.9 Å². The normalized spacial score (nSPS) is 13.9. The lowest BCUT2D eigenvalue weighted by Gasteiger charge is -2.47. The summed E-state index contributed by atoms with van der Waals surface area (Å²) in [6, 6.07) is 0.195. The third-order valence-corrected chi connectivity index (χ3v) is 5.00. The van der Waals surface area contributed by atoms with E-state index in [0.717, 1.165) is 44.7 Å². The molecule has 0 amide bonds. The van der Waals surface area contributed by atoms with Crippen LogP contribution >= 0.6 is 0 Å². The zero-order chi connectivity index (χ0) is 15.9. The highest BCUT2D eigenvalue weighted by Crippen LogP contribution is 2.29. The molecular formula is C16H33N5. The molecule has 0 spiro atoms. The number of imidazole rings is 1. The maximum absolute atomic E-state index is 5.95. The smallest absolute Gasteiger partial charge is 0.110 e. The molecule has 0 aromatic carbocycles. The first-order valence-electron chi connectivity index (χ1n) is 8.34. The van der Waals surface area contributed by atoms with Crippen LogP contribution < -0.4 is 11.3 Å². The molecule has 0 saturated heterocycles. The van der Waals surface area contributed by atoms with Gasteiger partial charge in [-0.3, -0.25) is 16.2 Å². The number of nitrogens with zero attached hydrogens (tertiary/aromatic N) is 3. The van der Waals surface area contributed by atoms with Crippen molar-refractivity contribution in [3.63, 3.8) is 0 Å². The predicted molar refractivity (Wildman–Crippen MR) is 89.0 cm³/mol. The summed E-state index contributed by atoms with van der Waals surface area (Å²) in [7, 11) is 0. The molecule has 1 heterocycles. The van der Waals surface area contributed by atoms with E-state index in [4.69, 9.17) is 5.84 Å². The lowest BCUT2D eigenvalue weighted by Crippen LogP contribution is -2.63. The number of aromatic nitrogens is 2. The number of hydrogen-bond donors (Lipinski definition) is 2. The first-order chi connectivity index (χ1) is 10.1. The van der Waals surface area contributed by atoms with Crippen LogP contribution in [0.25, 0.3) is 0 Å². The summed E-state index contributed by atoms with van der Waals surface area (Å²) in [5.41, 5.74) is 3.16. The van der Waals surface area contributed by atoms with Crippen molar-refractivity contribution in [2.24, 2.45) is 5.84 Å². The Balaban J connectivity index is 3.07. The molecule has 0 aliphatic rings. The van der Waals surface area contributed by atoms with Crippen LogP contribution in [0.15, 0.2) is 12.4 Å². The summed E-state index contributed by atoms with van der Waals surface area (Å²) in [5, 5.41) is 0. The van der Waals surface area contributed by atoms with Crippen molar-refractivity contribution >= 4 is 0 Å². The average Bonchev–Trinajstić information content (AvgIpc) is 2.98. The first kappa shape index (κ1) is 18.1. The van der Waals surface area contributed by atoms with Gasteiger partial charge in [0.1, 0.15) is 5.82 Å². The standard InChI is InChI=1S/C16H33N5/c1-6-16(7-2,21(9-4)10-5)14(19-17)13-15-18-11-12-20(15)8-3/h11-12,14,19H,6-10,13,17H2,1-5H3. The summed E-state index contributed by atoms with van der Waals surface area (Å²) in [6.45, 7) is 14.2. The maximum Gasteiger partial charge on any atom is 0.110 e.